The third-order valence-corrected chi connectivity index (χ3v) is 7.74. The molecule has 0 heterocycles. The van der Waals surface area contributed by atoms with Crippen molar-refractivity contribution >= 4 is 33.2 Å². The highest BCUT2D eigenvalue weighted by atomic mass is 35.5. The number of hydrogen-bond donors (Lipinski definition) is 1. The molecule has 0 saturated carbocycles. The van der Waals surface area contributed by atoms with Crippen LogP contribution in [0.2, 0.25) is 5.02 Å². The molecule has 6 nitrogen and oxygen atoms in total. The van der Waals surface area contributed by atoms with Crippen molar-refractivity contribution in [1.29, 1.82) is 0 Å². The molecule has 0 aliphatic rings. The number of carbonyl (C=O) groups is 1. The lowest BCUT2D eigenvalue weighted by molar-refractivity contribution is -0.119. The highest BCUT2D eigenvalue weighted by Crippen LogP contribution is 2.30. The minimum absolute atomic E-state index is 0.102. The van der Waals surface area contributed by atoms with Gasteiger partial charge in [0.25, 0.3) is 10.0 Å². The van der Waals surface area contributed by atoms with E-state index in [1.165, 1.54) is 17.7 Å². The fourth-order valence-corrected chi connectivity index (χ4v) is 5.24. The van der Waals surface area contributed by atoms with Gasteiger partial charge in [-0.1, -0.05) is 60.8 Å². The van der Waals surface area contributed by atoms with E-state index in [-0.39, 0.29) is 24.6 Å². The van der Waals surface area contributed by atoms with E-state index in [4.69, 9.17) is 16.3 Å². The van der Waals surface area contributed by atoms with Gasteiger partial charge in [-0.05, 0) is 67.8 Å². The monoisotopic (exact) mass is 514 g/mol. The molecule has 186 valence electrons. The Bertz CT molecular complexity index is 1240. The summed E-state index contributed by atoms with van der Waals surface area (Å²) in [5, 5.41) is 3.17. The van der Waals surface area contributed by atoms with Gasteiger partial charge in [0.1, 0.15) is 18.9 Å². The van der Waals surface area contributed by atoms with E-state index < -0.39 is 15.9 Å². The Hall–Kier alpha value is -3.03. The molecule has 35 heavy (non-hydrogen) atoms. The van der Waals surface area contributed by atoms with Crippen LogP contribution in [0, 0.1) is 13.8 Å². The maximum Gasteiger partial charge on any atom is 0.264 e. The minimum atomic E-state index is -4.01. The topological polar surface area (TPSA) is 75.7 Å². The third kappa shape index (κ3) is 6.99. The van der Waals surface area contributed by atoms with E-state index in [0.717, 1.165) is 28.5 Å². The summed E-state index contributed by atoms with van der Waals surface area (Å²) >= 11 is 6.26. The molecule has 1 N–H and O–H groups in total. The molecule has 0 bridgehead atoms. The van der Waals surface area contributed by atoms with E-state index in [0.29, 0.717) is 16.3 Å². The normalized spacial score (nSPS) is 11.2. The SMILES string of the molecule is CCCc1ccc(OCCNC(=O)CN(c2cccc(Cl)c2C)S(=O)(=O)c2ccc(C)cc2)cc1. The molecule has 0 aromatic heterocycles. The number of amides is 1. The Balaban J connectivity index is 1.69. The molecule has 0 spiro atoms. The first-order chi connectivity index (χ1) is 16.7. The van der Waals surface area contributed by atoms with E-state index in [1.54, 1.807) is 37.3 Å². The van der Waals surface area contributed by atoms with Crippen LogP contribution in [0.3, 0.4) is 0 Å². The zero-order valence-corrected chi connectivity index (χ0v) is 21.8. The number of nitrogens with zero attached hydrogens (tertiary/aromatic N) is 1. The minimum Gasteiger partial charge on any atom is -0.492 e. The van der Waals surface area contributed by atoms with Gasteiger partial charge in [0.15, 0.2) is 0 Å². The van der Waals surface area contributed by atoms with Gasteiger partial charge in [-0.15, -0.1) is 0 Å². The number of ether oxygens (including phenoxy) is 1. The van der Waals surface area contributed by atoms with Gasteiger partial charge in [0, 0.05) is 5.02 Å². The van der Waals surface area contributed by atoms with Crippen molar-refractivity contribution in [2.75, 3.05) is 24.0 Å². The van der Waals surface area contributed by atoms with Crippen LogP contribution in [0.25, 0.3) is 0 Å². The van der Waals surface area contributed by atoms with Crippen LogP contribution in [0.4, 0.5) is 5.69 Å². The van der Waals surface area contributed by atoms with Crippen LogP contribution in [-0.4, -0.2) is 34.0 Å². The Morgan fingerprint density at radius 2 is 1.69 bits per heavy atom. The lowest BCUT2D eigenvalue weighted by Gasteiger charge is -2.26. The zero-order valence-electron chi connectivity index (χ0n) is 20.3. The van der Waals surface area contributed by atoms with E-state index in [9.17, 15) is 13.2 Å². The van der Waals surface area contributed by atoms with Crippen LogP contribution >= 0.6 is 11.6 Å². The van der Waals surface area contributed by atoms with Gasteiger partial charge < -0.3 is 10.1 Å². The van der Waals surface area contributed by atoms with Crippen LogP contribution in [0.15, 0.2) is 71.6 Å². The molecular formula is C27H31ClN2O4S. The fourth-order valence-electron chi connectivity index (χ4n) is 3.59. The molecule has 0 atom stereocenters. The van der Waals surface area contributed by atoms with Crippen LogP contribution < -0.4 is 14.4 Å². The summed E-state index contributed by atoms with van der Waals surface area (Å²) in [5.74, 6) is 0.277. The third-order valence-electron chi connectivity index (χ3n) is 5.56. The maximum atomic E-state index is 13.5. The number of hydrogen-bond acceptors (Lipinski definition) is 4. The summed E-state index contributed by atoms with van der Waals surface area (Å²) in [7, 11) is -4.01. The molecule has 0 radical (unpaired) electrons. The van der Waals surface area contributed by atoms with Crippen molar-refractivity contribution in [3.05, 3.63) is 88.4 Å². The first-order valence-electron chi connectivity index (χ1n) is 11.6. The molecule has 0 unspecified atom stereocenters. The Labute approximate surface area is 212 Å². The van der Waals surface area contributed by atoms with Crippen molar-refractivity contribution in [3.63, 3.8) is 0 Å². The van der Waals surface area contributed by atoms with Crippen LogP contribution in [-0.2, 0) is 21.2 Å². The summed E-state index contributed by atoms with van der Waals surface area (Å²) < 4.78 is 33.8. The standard InChI is InChI=1S/C27H31ClN2O4S/c1-4-6-22-11-13-23(14-12-22)34-18-17-29-27(31)19-30(26-8-5-7-25(28)21(26)3)35(32,33)24-15-9-20(2)10-16-24/h5,7-16H,4,6,17-19H2,1-3H3,(H,29,31). The average Bonchev–Trinajstić information content (AvgIpc) is 2.84. The Morgan fingerprint density at radius 1 is 1.00 bits per heavy atom. The number of anilines is 1. The number of benzene rings is 3. The molecule has 1 amide bonds. The molecule has 0 saturated heterocycles. The second kappa shape index (κ2) is 12.1. The van der Waals surface area contributed by atoms with E-state index >= 15 is 0 Å². The molecule has 0 aliphatic heterocycles. The highest BCUT2D eigenvalue weighted by Gasteiger charge is 2.28. The zero-order chi connectivity index (χ0) is 25.4. The predicted molar refractivity (Wildman–Crippen MR) is 141 cm³/mol. The molecule has 0 aliphatic carbocycles. The number of rotatable bonds is 11. The van der Waals surface area contributed by atoms with Crippen molar-refractivity contribution in [1.82, 2.24) is 5.32 Å². The molecule has 0 fully saturated rings. The van der Waals surface area contributed by atoms with Gasteiger partial charge in [-0.2, -0.15) is 0 Å². The second-order valence-electron chi connectivity index (χ2n) is 8.30. The first kappa shape index (κ1) is 26.6. The van der Waals surface area contributed by atoms with Crippen LogP contribution in [0.5, 0.6) is 5.75 Å². The summed E-state index contributed by atoms with van der Waals surface area (Å²) in [5.41, 5.74) is 3.12. The van der Waals surface area contributed by atoms with Crippen molar-refractivity contribution in [2.24, 2.45) is 0 Å². The molecule has 8 heteroatoms. The number of halogens is 1. The Morgan fingerprint density at radius 3 is 2.34 bits per heavy atom. The van der Waals surface area contributed by atoms with Gasteiger partial charge in [0.2, 0.25) is 5.91 Å². The molecule has 3 rings (SSSR count). The van der Waals surface area contributed by atoms with Crippen molar-refractivity contribution in [2.45, 2.75) is 38.5 Å². The number of nitrogens with one attached hydrogen (secondary N) is 1. The average molecular weight is 515 g/mol. The lowest BCUT2D eigenvalue weighted by Crippen LogP contribution is -2.42. The smallest absolute Gasteiger partial charge is 0.264 e. The molecule has 3 aromatic carbocycles. The quantitative estimate of drug-likeness (QED) is 0.352. The second-order valence-corrected chi connectivity index (χ2v) is 10.6. The molecular weight excluding hydrogens is 484 g/mol. The molecule has 3 aromatic rings. The predicted octanol–water partition coefficient (Wildman–Crippen LogP) is 5.30. The summed E-state index contributed by atoms with van der Waals surface area (Å²) in [6.07, 6.45) is 2.10. The van der Waals surface area contributed by atoms with Gasteiger partial charge in [-0.25, -0.2) is 8.42 Å². The number of aryl methyl sites for hydroxylation is 2. The summed E-state index contributed by atoms with van der Waals surface area (Å²) in [6.45, 7) is 5.86. The van der Waals surface area contributed by atoms with Gasteiger partial charge >= 0.3 is 0 Å². The highest BCUT2D eigenvalue weighted by molar-refractivity contribution is 7.92. The van der Waals surface area contributed by atoms with Crippen molar-refractivity contribution in [3.8, 4) is 5.75 Å². The van der Waals surface area contributed by atoms with E-state index in [2.05, 4.69) is 12.2 Å². The van der Waals surface area contributed by atoms with E-state index in [1.807, 2.05) is 31.2 Å². The Kier molecular flexibility index (Phi) is 9.18. The van der Waals surface area contributed by atoms with Gasteiger partial charge in [0.05, 0.1) is 17.1 Å². The summed E-state index contributed by atoms with van der Waals surface area (Å²) in [4.78, 5) is 12.9. The number of carbonyl (C=O) groups excluding carboxylic acids is 1. The largest absolute Gasteiger partial charge is 0.492 e. The summed E-state index contributed by atoms with van der Waals surface area (Å²) in [6, 6.07) is 19.4. The maximum absolute atomic E-state index is 13.5. The first-order valence-corrected chi connectivity index (χ1v) is 13.4. The fraction of sp³-hybridized carbons (Fsp3) is 0.296. The van der Waals surface area contributed by atoms with Crippen molar-refractivity contribution < 1.29 is 17.9 Å². The van der Waals surface area contributed by atoms with Crippen LogP contribution in [0.1, 0.15) is 30.0 Å². The number of sulfonamides is 1. The lowest BCUT2D eigenvalue weighted by atomic mass is 10.1. The van der Waals surface area contributed by atoms with Gasteiger partial charge in [-0.3, -0.25) is 9.10 Å².